The number of aldehydes is 1. The molecule has 0 saturated heterocycles. The third-order valence-corrected chi connectivity index (χ3v) is 0.321. The highest BCUT2D eigenvalue weighted by Gasteiger charge is 1.83. The molecule has 0 rings (SSSR count). The summed E-state index contributed by atoms with van der Waals surface area (Å²) in [5.41, 5.74) is 0. The number of carbonyl (C=O) groups excluding carboxylic acids is 2. The van der Waals surface area contributed by atoms with Gasteiger partial charge in [0.05, 0.1) is 6.42 Å². The topological polar surface area (TPSA) is 34.1 Å². The molecular formula is C4H6O2. The number of Topliss-reactive ketones (excluding diaryl/α,β-unsaturated/α-hetero) is 1. The van der Waals surface area contributed by atoms with Gasteiger partial charge in [-0.1, -0.05) is 0 Å². The third kappa shape index (κ3) is 3.34. The summed E-state index contributed by atoms with van der Waals surface area (Å²) in [6.45, 7) is 1.28. The van der Waals surface area contributed by atoms with Gasteiger partial charge in [-0.05, 0) is 6.92 Å². The van der Waals surface area contributed by atoms with E-state index in [1.165, 1.54) is 6.92 Å². The Balaban J connectivity index is 3.32. The fourth-order valence-corrected chi connectivity index (χ4v) is 0.102. The van der Waals surface area contributed by atoms with Crippen LogP contribution in [0.4, 0.5) is 0 Å². The van der Waals surface area contributed by atoms with E-state index in [0.717, 1.165) is 0 Å². The van der Waals surface area contributed by atoms with Gasteiger partial charge in [-0.2, -0.15) is 0 Å². The van der Waals surface area contributed by atoms with Crippen molar-refractivity contribution in [1.29, 1.82) is 0 Å². The molecule has 0 fully saturated rings. The van der Waals surface area contributed by atoms with Crippen LogP contribution in [0, 0.1) is 0 Å². The molecule has 0 unspecified atom stereocenters. The van der Waals surface area contributed by atoms with Crippen LogP contribution >= 0.6 is 0 Å². The second kappa shape index (κ2) is 2.57. The average molecular weight is 87.1 g/mol. The molecule has 34 valence electrons. The summed E-state index contributed by atoms with van der Waals surface area (Å²) in [7, 11) is 0. The number of hydrogen-bond donors (Lipinski definition) is 0. The highest BCUT2D eigenvalue weighted by molar-refractivity contribution is 5.87. The molecule has 0 amide bonds. The molecule has 0 aliphatic rings. The summed E-state index contributed by atoms with van der Waals surface area (Å²) in [6.07, 6.45) is -1.06. The third-order valence-electron chi connectivity index (χ3n) is 0.321. The van der Waals surface area contributed by atoms with Crippen molar-refractivity contribution >= 4 is 12.0 Å². The van der Waals surface area contributed by atoms with Gasteiger partial charge in [0, 0.05) is 0 Å². The largest absolute Gasteiger partial charge is 0.303 e. The van der Waals surface area contributed by atoms with E-state index in [2.05, 4.69) is 0 Å². The summed E-state index contributed by atoms with van der Waals surface area (Å²) in [4.78, 5) is 19.6. The van der Waals surface area contributed by atoms with Gasteiger partial charge in [0.15, 0.2) is 0 Å². The molecular weight excluding hydrogens is 80.0 g/mol. The number of ketones is 1. The molecule has 2 nitrogen and oxygen atoms in total. The Kier molecular flexibility index (Phi) is 1.51. The predicted octanol–water partition coefficient (Wildman–Crippen LogP) is 0.164. The zero-order chi connectivity index (χ0) is 5.86. The predicted molar refractivity (Wildman–Crippen MR) is 21.4 cm³/mol. The van der Waals surface area contributed by atoms with E-state index in [0.29, 0.717) is 0 Å². The second-order valence-electron chi connectivity index (χ2n) is 1.02. The molecule has 0 atom stereocenters. The zero-order valence-corrected chi connectivity index (χ0v) is 3.52. The summed E-state index contributed by atoms with van der Waals surface area (Å²) in [6, 6.07) is 0. The number of carbonyl (C=O) groups is 2. The first kappa shape index (κ1) is 3.53. The molecule has 0 N–H and O–H groups in total. The van der Waals surface area contributed by atoms with Crippen molar-refractivity contribution in [3.05, 3.63) is 0 Å². The molecule has 0 aliphatic heterocycles. The molecule has 0 heterocycles. The minimum absolute atomic E-state index is 0.250. The van der Waals surface area contributed by atoms with Crippen LogP contribution in [0.1, 0.15) is 14.7 Å². The fraction of sp³-hybridized carbons (Fsp3) is 0.500. The summed E-state index contributed by atoms with van der Waals surface area (Å²) in [5, 5.41) is 0. The van der Waals surface area contributed by atoms with Crippen LogP contribution in [0.15, 0.2) is 0 Å². The van der Waals surface area contributed by atoms with E-state index in [1.807, 2.05) is 0 Å². The van der Waals surface area contributed by atoms with Crippen molar-refractivity contribution in [3.8, 4) is 0 Å². The first-order valence-electron chi connectivity index (χ1n) is 2.12. The lowest BCUT2D eigenvalue weighted by atomic mass is 10.3. The first-order chi connectivity index (χ1) is 3.13. The van der Waals surface area contributed by atoms with E-state index < -0.39 is 6.26 Å². The Labute approximate surface area is 37.6 Å². The van der Waals surface area contributed by atoms with Crippen LogP contribution in [-0.2, 0) is 9.59 Å². The molecule has 6 heavy (non-hydrogen) atoms. The molecule has 0 aromatic carbocycles. The number of rotatable bonds is 2. The lowest BCUT2D eigenvalue weighted by molar-refractivity contribution is -0.120. The van der Waals surface area contributed by atoms with E-state index in [9.17, 15) is 9.59 Å². The van der Waals surface area contributed by atoms with E-state index in [1.54, 1.807) is 0 Å². The van der Waals surface area contributed by atoms with Crippen LogP contribution < -0.4 is 0 Å². The second-order valence-corrected chi connectivity index (χ2v) is 1.02. The molecule has 2 heteroatoms. The van der Waals surface area contributed by atoms with Crippen molar-refractivity contribution in [1.82, 2.24) is 0 Å². The maximum atomic E-state index is 9.91. The summed E-state index contributed by atoms with van der Waals surface area (Å²) < 4.78 is 6.25. The van der Waals surface area contributed by atoms with Crippen LogP contribution in [0.5, 0.6) is 0 Å². The molecule has 0 aromatic heterocycles. The number of hydrogen-bond acceptors (Lipinski definition) is 2. The van der Waals surface area contributed by atoms with Crippen molar-refractivity contribution in [2.24, 2.45) is 0 Å². The Bertz CT molecular complexity index is 85.9. The Morgan fingerprint density at radius 2 is 2.67 bits per heavy atom. The highest BCUT2D eigenvalue weighted by Crippen LogP contribution is 1.69. The van der Waals surface area contributed by atoms with Crippen LogP contribution in [0.3, 0.4) is 0 Å². The standard InChI is InChI=1S/C4H6O2/c1-4(6)2-3-5/h3H,2H2,1H3/i3D. The van der Waals surface area contributed by atoms with Gasteiger partial charge < -0.3 is 4.79 Å². The monoisotopic (exact) mass is 87.0 g/mol. The summed E-state index contributed by atoms with van der Waals surface area (Å²) >= 11 is 0. The van der Waals surface area contributed by atoms with E-state index in [-0.39, 0.29) is 12.2 Å². The molecule has 0 radical (unpaired) electrons. The zero-order valence-electron chi connectivity index (χ0n) is 4.52. The van der Waals surface area contributed by atoms with Gasteiger partial charge in [-0.25, -0.2) is 0 Å². The van der Waals surface area contributed by atoms with Crippen LogP contribution in [0.2, 0.25) is 0 Å². The van der Waals surface area contributed by atoms with Crippen molar-refractivity contribution in [2.45, 2.75) is 13.3 Å². The molecule has 0 saturated carbocycles. The average Bonchev–Trinajstić information content (AvgIpc) is 1.27. The van der Waals surface area contributed by atoms with Gasteiger partial charge in [-0.15, -0.1) is 0 Å². The van der Waals surface area contributed by atoms with Crippen molar-refractivity contribution in [3.63, 3.8) is 0 Å². The molecule has 0 aliphatic carbocycles. The van der Waals surface area contributed by atoms with Crippen LogP contribution in [0.25, 0.3) is 0 Å². The Morgan fingerprint density at radius 1 is 2.17 bits per heavy atom. The molecule has 0 spiro atoms. The Morgan fingerprint density at radius 3 is 2.67 bits per heavy atom. The molecule has 0 aromatic rings. The Hall–Kier alpha value is -0.660. The molecule has 0 bridgehead atoms. The first-order valence-corrected chi connectivity index (χ1v) is 1.62. The van der Waals surface area contributed by atoms with Crippen molar-refractivity contribution < 1.29 is 11.0 Å². The smallest absolute Gasteiger partial charge is 0.136 e. The highest BCUT2D eigenvalue weighted by atomic mass is 16.1. The minimum atomic E-state index is -0.813. The van der Waals surface area contributed by atoms with Gasteiger partial charge in [0.2, 0.25) is 0 Å². The van der Waals surface area contributed by atoms with Crippen molar-refractivity contribution in [2.75, 3.05) is 0 Å². The fourth-order valence-electron chi connectivity index (χ4n) is 0.102. The quantitative estimate of drug-likeness (QED) is 0.355. The van der Waals surface area contributed by atoms with E-state index in [4.69, 9.17) is 1.37 Å². The maximum absolute atomic E-state index is 9.91. The maximum Gasteiger partial charge on any atom is 0.136 e. The van der Waals surface area contributed by atoms with Gasteiger partial charge in [0.1, 0.15) is 13.4 Å². The minimum Gasteiger partial charge on any atom is -0.303 e. The SMILES string of the molecule is [2H]C(=O)CC(C)=O. The summed E-state index contributed by atoms with van der Waals surface area (Å²) in [5.74, 6) is -0.250. The lowest BCUT2D eigenvalue weighted by Crippen LogP contribution is -1.87. The van der Waals surface area contributed by atoms with Crippen LogP contribution in [-0.4, -0.2) is 12.0 Å². The lowest BCUT2D eigenvalue weighted by Gasteiger charge is -1.71. The van der Waals surface area contributed by atoms with Gasteiger partial charge >= 0.3 is 0 Å². The van der Waals surface area contributed by atoms with Gasteiger partial charge in [0.25, 0.3) is 0 Å². The van der Waals surface area contributed by atoms with Gasteiger partial charge in [-0.3, -0.25) is 4.79 Å². The van der Waals surface area contributed by atoms with E-state index >= 15 is 0 Å². The normalized spacial score (nSPS) is 9.83.